The number of rotatable bonds is 2. The number of anilines is 1. The maximum Gasteiger partial charge on any atom is 0.311 e. The molecule has 1 heterocycles. The zero-order chi connectivity index (χ0) is 9.84. The van der Waals surface area contributed by atoms with E-state index in [1.54, 1.807) is 0 Å². The number of aromatic nitrogens is 1. The van der Waals surface area contributed by atoms with E-state index in [9.17, 15) is 9.18 Å². The Hall–Kier alpha value is -1.65. The van der Waals surface area contributed by atoms with Gasteiger partial charge in [-0.05, 0) is 6.07 Å². The van der Waals surface area contributed by atoms with E-state index in [0.29, 0.717) is 0 Å². The number of nitrogen functional groups attached to an aromatic ring is 1. The van der Waals surface area contributed by atoms with Crippen LogP contribution in [0.15, 0.2) is 12.1 Å². The minimum Gasteiger partial charge on any atom is -0.469 e. The van der Waals surface area contributed by atoms with Gasteiger partial charge in [0.15, 0.2) is 0 Å². The smallest absolute Gasteiger partial charge is 0.311 e. The van der Waals surface area contributed by atoms with Crippen LogP contribution in [0.1, 0.15) is 5.69 Å². The quantitative estimate of drug-likeness (QED) is 0.680. The van der Waals surface area contributed by atoms with E-state index in [1.807, 2.05) is 0 Å². The van der Waals surface area contributed by atoms with Gasteiger partial charge in [0.1, 0.15) is 11.6 Å². The molecule has 0 fully saturated rings. The highest BCUT2D eigenvalue weighted by atomic mass is 19.1. The molecule has 1 rings (SSSR count). The van der Waals surface area contributed by atoms with E-state index in [0.717, 1.165) is 12.1 Å². The fourth-order valence-corrected chi connectivity index (χ4v) is 0.883. The summed E-state index contributed by atoms with van der Waals surface area (Å²) >= 11 is 0. The van der Waals surface area contributed by atoms with Crippen molar-refractivity contribution in [3.05, 3.63) is 23.6 Å². The lowest BCUT2D eigenvalue weighted by atomic mass is 10.2. The molecular weight excluding hydrogens is 175 g/mol. The van der Waals surface area contributed by atoms with Gasteiger partial charge in [0, 0.05) is 6.07 Å². The topological polar surface area (TPSA) is 65.2 Å². The summed E-state index contributed by atoms with van der Waals surface area (Å²) < 4.78 is 17.1. The summed E-state index contributed by atoms with van der Waals surface area (Å²) in [7, 11) is 1.25. The molecule has 1 aromatic rings. The average molecular weight is 184 g/mol. The number of pyridine rings is 1. The van der Waals surface area contributed by atoms with Crippen LogP contribution >= 0.6 is 0 Å². The van der Waals surface area contributed by atoms with E-state index in [4.69, 9.17) is 5.73 Å². The van der Waals surface area contributed by atoms with Crippen molar-refractivity contribution < 1.29 is 13.9 Å². The molecule has 5 heteroatoms. The molecule has 1 aromatic heterocycles. The number of hydrogen-bond acceptors (Lipinski definition) is 4. The van der Waals surface area contributed by atoms with Crippen LogP contribution in [0.4, 0.5) is 10.2 Å². The Morgan fingerprint density at radius 2 is 2.38 bits per heavy atom. The molecule has 4 nitrogen and oxygen atoms in total. The monoisotopic (exact) mass is 184 g/mol. The predicted molar refractivity (Wildman–Crippen MR) is 44.3 cm³/mol. The van der Waals surface area contributed by atoms with Crippen LogP contribution in [0.25, 0.3) is 0 Å². The molecule has 0 atom stereocenters. The maximum atomic E-state index is 12.7. The fraction of sp³-hybridized carbons (Fsp3) is 0.250. The lowest BCUT2D eigenvalue weighted by Crippen LogP contribution is -2.07. The van der Waals surface area contributed by atoms with Crippen LogP contribution in [0, 0.1) is 5.82 Å². The third-order valence-corrected chi connectivity index (χ3v) is 1.42. The second-order valence-corrected chi connectivity index (χ2v) is 2.45. The number of carbonyl (C=O) groups is 1. The first-order chi connectivity index (χ1) is 6.11. The largest absolute Gasteiger partial charge is 0.469 e. The van der Waals surface area contributed by atoms with E-state index < -0.39 is 11.8 Å². The number of ether oxygens (including phenoxy) is 1. The van der Waals surface area contributed by atoms with E-state index in [2.05, 4.69) is 9.72 Å². The number of halogens is 1. The Labute approximate surface area is 74.5 Å². The molecule has 0 aromatic carbocycles. The zero-order valence-corrected chi connectivity index (χ0v) is 7.08. The molecule has 0 unspecified atom stereocenters. The molecule has 0 aliphatic carbocycles. The Balaban J connectivity index is 2.83. The van der Waals surface area contributed by atoms with Crippen molar-refractivity contribution in [2.24, 2.45) is 0 Å². The van der Waals surface area contributed by atoms with Gasteiger partial charge in [-0.15, -0.1) is 0 Å². The molecule has 70 valence electrons. The molecule has 0 bridgehead atoms. The fourth-order valence-electron chi connectivity index (χ4n) is 0.883. The number of carbonyl (C=O) groups excluding carboxylic acids is 1. The number of esters is 1. The first kappa shape index (κ1) is 9.44. The van der Waals surface area contributed by atoms with Crippen LogP contribution in [0.3, 0.4) is 0 Å². The van der Waals surface area contributed by atoms with Gasteiger partial charge < -0.3 is 10.5 Å². The molecule has 2 N–H and O–H groups in total. The van der Waals surface area contributed by atoms with Crippen molar-refractivity contribution in [2.45, 2.75) is 6.42 Å². The molecule has 0 aliphatic rings. The second-order valence-electron chi connectivity index (χ2n) is 2.45. The normalized spacial score (nSPS) is 9.69. The lowest BCUT2D eigenvalue weighted by Gasteiger charge is -2.00. The summed E-state index contributed by atoms with van der Waals surface area (Å²) in [6, 6.07) is 2.23. The number of nitrogens with two attached hydrogens (primary N) is 1. The van der Waals surface area contributed by atoms with Crippen molar-refractivity contribution in [3.8, 4) is 0 Å². The van der Waals surface area contributed by atoms with Gasteiger partial charge in [-0.2, -0.15) is 0 Å². The minimum absolute atomic E-state index is 0.0545. The third kappa shape index (κ3) is 2.70. The Bertz CT molecular complexity index is 308. The highest BCUT2D eigenvalue weighted by Crippen LogP contribution is 2.06. The summed E-state index contributed by atoms with van der Waals surface area (Å²) in [4.78, 5) is 14.5. The van der Waals surface area contributed by atoms with Gasteiger partial charge in [0.25, 0.3) is 0 Å². The number of nitrogens with zero attached hydrogens (tertiary/aromatic N) is 1. The van der Waals surface area contributed by atoms with Crippen LogP contribution < -0.4 is 5.73 Å². The number of hydrogen-bond donors (Lipinski definition) is 1. The van der Waals surface area contributed by atoms with E-state index in [1.165, 1.54) is 7.11 Å². The Kier molecular flexibility index (Phi) is 2.79. The Morgan fingerprint density at radius 1 is 1.69 bits per heavy atom. The molecule has 0 radical (unpaired) electrons. The Morgan fingerprint density at radius 3 is 2.92 bits per heavy atom. The third-order valence-electron chi connectivity index (χ3n) is 1.42. The molecular formula is C8H9FN2O2. The van der Waals surface area contributed by atoms with Crippen LogP contribution in [0.5, 0.6) is 0 Å². The van der Waals surface area contributed by atoms with Gasteiger partial charge in [-0.1, -0.05) is 0 Å². The summed E-state index contributed by atoms with van der Waals surface area (Å²) in [6.45, 7) is 0. The minimum atomic E-state index is -0.508. The van der Waals surface area contributed by atoms with Crippen LogP contribution in [-0.4, -0.2) is 18.1 Å². The molecule has 0 amide bonds. The van der Waals surface area contributed by atoms with Crippen LogP contribution in [-0.2, 0) is 16.0 Å². The van der Waals surface area contributed by atoms with E-state index in [-0.39, 0.29) is 17.9 Å². The predicted octanol–water partition coefficient (Wildman–Crippen LogP) is 0.518. The lowest BCUT2D eigenvalue weighted by molar-refractivity contribution is -0.139. The van der Waals surface area contributed by atoms with Crippen molar-refractivity contribution in [1.82, 2.24) is 4.98 Å². The van der Waals surface area contributed by atoms with Crippen molar-refractivity contribution in [2.75, 3.05) is 12.8 Å². The van der Waals surface area contributed by atoms with E-state index >= 15 is 0 Å². The first-order valence-corrected chi connectivity index (χ1v) is 3.60. The first-order valence-electron chi connectivity index (χ1n) is 3.60. The maximum absolute atomic E-state index is 12.7. The SMILES string of the molecule is COC(=O)Cc1cc(F)cc(N)n1. The molecule has 13 heavy (non-hydrogen) atoms. The van der Waals surface area contributed by atoms with Crippen molar-refractivity contribution >= 4 is 11.8 Å². The average Bonchev–Trinajstić information content (AvgIpc) is 2.02. The van der Waals surface area contributed by atoms with Crippen LogP contribution in [0.2, 0.25) is 0 Å². The molecule has 0 aliphatic heterocycles. The van der Waals surface area contributed by atoms with Gasteiger partial charge in [-0.25, -0.2) is 9.37 Å². The van der Waals surface area contributed by atoms with Crippen molar-refractivity contribution in [3.63, 3.8) is 0 Å². The van der Waals surface area contributed by atoms with Gasteiger partial charge in [-0.3, -0.25) is 4.79 Å². The molecule has 0 spiro atoms. The standard InChI is InChI=1S/C8H9FN2O2/c1-13-8(12)4-6-2-5(9)3-7(10)11-6/h2-3H,4H2,1H3,(H2,10,11). The zero-order valence-electron chi connectivity index (χ0n) is 7.08. The number of methoxy groups -OCH3 is 1. The summed E-state index contributed by atoms with van der Waals surface area (Å²) in [5, 5.41) is 0. The summed E-state index contributed by atoms with van der Waals surface area (Å²) in [5.41, 5.74) is 5.54. The van der Waals surface area contributed by atoms with Crippen molar-refractivity contribution in [1.29, 1.82) is 0 Å². The summed E-state index contributed by atoms with van der Waals surface area (Å²) in [6.07, 6.45) is -0.0710. The summed E-state index contributed by atoms with van der Waals surface area (Å²) in [5.74, 6) is -0.928. The van der Waals surface area contributed by atoms with Gasteiger partial charge in [0.05, 0.1) is 19.2 Å². The molecule has 0 saturated heterocycles. The molecule has 0 saturated carbocycles. The van der Waals surface area contributed by atoms with Gasteiger partial charge in [0.2, 0.25) is 0 Å². The highest BCUT2D eigenvalue weighted by Gasteiger charge is 2.06. The van der Waals surface area contributed by atoms with Gasteiger partial charge >= 0.3 is 5.97 Å². The highest BCUT2D eigenvalue weighted by molar-refractivity contribution is 5.71. The second kappa shape index (κ2) is 3.84.